The Labute approximate surface area is 185 Å². The fraction of sp³-hybridized carbons (Fsp3) is 0.300. The van der Waals surface area contributed by atoms with Crippen molar-refractivity contribution in [1.82, 2.24) is 29.6 Å². The monoisotopic (exact) mass is 457 g/mol. The van der Waals surface area contributed by atoms with Crippen molar-refractivity contribution in [2.24, 2.45) is 5.73 Å². The molecule has 3 heterocycles. The number of ether oxygens (including phenoxy) is 1. The lowest BCUT2D eigenvalue weighted by Gasteiger charge is -2.32. The van der Waals surface area contributed by atoms with Crippen LogP contribution in [0.4, 0.5) is 4.39 Å². The number of nitrogens with one attached hydrogen (secondary N) is 1. The summed E-state index contributed by atoms with van der Waals surface area (Å²) in [5.74, 6) is -3.09. The van der Waals surface area contributed by atoms with Gasteiger partial charge < -0.3 is 20.9 Å². The van der Waals surface area contributed by atoms with Gasteiger partial charge in [0.1, 0.15) is 23.6 Å². The number of hydrogen-bond donors (Lipinski definition) is 3. The first kappa shape index (κ1) is 22.1. The van der Waals surface area contributed by atoms with Crippen LogP contribution in [0.25, 0.3) is 5.69 Å². The average molecular weight is 457 g/mol. The lowest BCUT2D eigenvalue weighted by Crippen LogP contribution is -2.42. The van der Waals surface area contributed by atoms with Gasteiger partial charge in [0.2, 0.25) is 11.6 Å². The fourth-order valence-corrected chi connectivity index (χ4v) is 3.48. The number of hydrogen-bond acceptors (Lipinski definition) is 8. The molecule has 1 aromatic carbocycles. The van der Waals surface area contributed by atoms with E-state index in [0.717, 1.165) is 10.7 Å². The summed E-state index contributed by atoms with van der Waals surface area (Å²) >= 11 is 0. The van der Waals surface area contributed by atoms with Crippen molar-refractivity contribution < 1.29 is 23.8 Å². The largest absolute Gasteiger partial charge is 0.501 e. The van der Waals surface area contributed by atoms with E-state index in [0.29, 0.717) is 5.56 Å². The summed E-state index contributed by atoms with van der Waals surface area (Å²) < 4.78 is 21.9. The van der Waals surface area contributed by atoms with Crippen LogP contribution in [0, 0.1) is 5.82 Å². The minimum atomic E-state index is -0.935. The Kier molecular flexibility index (Phi) is 5.41. The maximum atomic E-state index is 13.9. The van der Waals surface area contributed by atoms with Crippen LogP contribution in [0.15, 0.2) is 29.3 Å². The van der Waals surface area contributed by atoms with Crippen molar-refractivity contribution in [2.75, 3.05) is 6.61 Å². The zero-order valence-corrected chi connectivity index (χ0v) is 17.7. The van der Waals surface area contributed by atoms with E-state index in [1.54, 1.807) is 13.8 Å². The Morgan fingerprint density at radius 3 is 2.82 bits per heavy atom. The molecule has 33 heavy (non-hydrogen) atoms. The van der Waals surface area contributed by atoms with Crippen LogP contribution in [0.1, 0.15) is 46.3 Å². The van der Waals surface area contributed by atoms with Crippen LogP contribution in [-0.2, 0) is 23.4 Å². The van der Waals surface area contributed by atoms with Gasteiger partial charge in [0.25, 0.3) is 17.4 Å². The third-order valence-electron chi connectivity index (χ3n) is 5.12. The van der Waals surface area contributed by atoms with E-state index >= 15 is 0 Å². The molecule has 0 fully saturated rings. The van der Waals surface area contributed by atoms with Crippen molar-refractivity contribution in [3.05, 3.63) is 63.6 Å². The molecule has 4 rings (SSSR count). The average Bonchev–Trinajstić information content (AvgIpc) is 3.25. The predicted octanol–water partition coefficient (Wildman–Crippen LogP) is -0.0371. The van der Waals surface area contributed by atoms with Crippen LogP contribution < -0.4 is 16.6 Å². The Morgan fingerprint density at radius 1 is 1.36 bits per heavy atom. The van der Waals surface area contributed by atoms with E-state index in [1.807, 2.05) is 0 Å². The molecule has 0 bridgehead atoms. The number of aromatic nitrogens is 5. The first-order valence-electron chi connectivity index (χ1n) is 9.85. The van der Waals surface area contributed by atoms with Gasteiger partial charge in [-0.05, 0) is 31.5 Å². The molecule has 13 heteroatoms. The number of nitrogens with two attached hydrogens (primary N) is 1. The highest BCUT2D eigenvalue weighted by Gasteiger charge is 2.34. The number of carbonyl (C=O) groups is 2. The maximum Gasteiger partial charge on any atom is 0.296 e. The summed E-state index contributed by atoms with van der Waals surface area (Å²) in [6.07, 6.45) is 1.18. The molecule has 0 spiro atoms. The van der Waals surface area contributed by atoms with Crippen molar-refractivity contribution in [3.8, 4) is 11.4 Å². The number of carbonyl (C=O) groups excluding carboxylic acids is 2. The second-order valence-corrected chi connectivity index (χ2v) is 7.78. The Hall–Kier alpha value is -4.13. The zero-order valence-electron chi connectivity index (χ0n) is 17.7. The minimum absolute atomic E-state index is 0.139. The number of rotatable bonds is 5. The van der Waals surface area contributed by atoms with Crippen molar-refractivity contribution in [2.45, 2.75) is 32.5 Å². The summed E-state index contributed by atoms with van der Waals surface area (Å²) in [6.45, 7) is 3.72. The molecule has 1 aliphatic heterocycles. The smallest absolute Gasteiger partial charge is 0.296 e. The van der Waals surface area contributed by atoms with Crippen LogP contribution in [-0.4, -0.2) is 47.8 Å². The summed E-state index contributed by atoms with van der Waals surface area (Å²) in [6, 6.07) is 3.72. The molecule has 0 saturated carbocycles. The van der Waals surface area contributed by atoms with Gasteiger partial charge in [0.15, 0.2) is 5.69 Å². The van der Waals surface area contributed by atoms with Gasteiger partial charge in [0, 0.05) is 6.54 Å². The summed E-state index contributed by atoms with van der Waals surface area (Å²) in [4.78, 5) is 44.6. The molecule has 4 N–H and O–H groups in total. The molecule has 2 amide bonds. The Balaban J connectivity index is 1.63. The molecule has 3 aromatic rings. The lowest BCUT2D eigenvalue weighted by atomic mass is 10.1. The van der Waals surface area contributed by atoms with Crippen LogP contribution >= 0.6 is 0 Å². The van der Waals surface area contributed by atoms with Crippen molar-refractivity contribution >= 4 is 11.8 Å². The van der Waals surface area contributed by atoms with E-state index in [1.165, 1.54) is 23.0 Å². The topological polar surface area (TPSA) is 167 Å². The van der Waals surface area contributed by atoms with E-state index in [-0.39, 0.29) is 37.0 Å². The van der Waals surface area contributed by atoms with Crippen LogP contribution in [0.3, 0.4) is 0 Å². The van der Waals surface area contributed by atoms with Gasteiger partial charge >= 0.3 is 0 Å². The number of amides is 2. The molecular formula is C20H20FN7O5. The van der Waals surface area contributed by atoms with E-state index < -0.39 is 40.2 Å². The molecule has 0 radical (unpaired) electrons. The minimum Gasteiger partial charge on any atom is -0.501 e. The maximum absolute atomic E-state index is 13.9. The van der Waals surface area contributed by atoms with Gasteiger partial charge in [-0.25, -0.2) is 19.0 Å². The van der Waals surface area contributed by atoms with Crippen molar-refractivity contribution in [1.29, 1.82) is 0 Å². The predicted molar refractivity (Wildman–Crippen MR) is 110 cm³/mol. The van der Waals surface area contributed by atoms with Gasteiger partial charge in [-0.1, -0.05) is 6.07 Å². The third-order valence-corrected chi connectivity index (χ3v) is 5.12. The van der Waals surface area contributed by atoms with Crippen molar-refractivity contribution in [3.63, 3.8) is 0 Å². The molecule has 0 unspecified atom stereocenters. The molecule has 1 aliphatic rings. The van der Waals surface area contributed by atoms with Gasteiger partial charge in [-0.15, -0.1) is 5.10 Å². The number of halogens is 1. The van der Waals surface area contributed by atoms with Gasteiger partial charge in [-0.3, -0.25) is 19.0 Å². The van der Waals surface area contributed by atoms with E-state index in [9.17, 15) is 23.9 Å². The Bertz CT molecular complexity index is 1330. The molecular weight excluding hydrogens is 437 g/mol. The first-order chi connectivity index (χ1) is 15.6. The second-order valence-electron chi connectivity index (χ2n) is 7.78. The summed E-state index contributed by atoms with van der Waals surface area (Å²) in [5, 5.41) is 16.8. The lowest BCUT2D eigenvalue weighted by molar-refractivity contribution is -0.0566. The highest BCUT2D eigenvalue weighted by atomic mass is 19.1. The number of primary amides is 1. The van der Waals surface area contributed by atoms with E-state index in [2.05, 4.69) is 20.4 Å². The number of nitrogens with zero attached hydrogens (tertiary/aromatic N) is 5. The highest BCUT2D eigenvalue weighted by Crippen LogP contribution is 2.27. The number of benzene rings is 1. The third kappa shape index (κ3) is 4.05. The molecule has 2 aromatic heterocycles. The van der Waals surface area contributed by atoms with Crippen LogP contribution in [0.2, 0.25) is 0 Å². The standard InChI is InChI=1S/C20H20FN7O5/c1-20(2)19-25-13(14(29)18(32)27(19)5-6-33-20)17(31)23-8-10-3-4-11(21)7-12(10)28-9-24-16(26-28)15(22)30/h3-4,7,9,29H,5-6,8H2,1-2H3,(H2,22,30)(H,23,31). The Morgan fingerprint density at radius 2 is 2.12 bits per heavy atom. The normalized spacial score (nSPS) is 14.5. The summed E-state index contributed by atoms with van der Waals surface area (Å²) in [5.41, 5.74) is 3.63. The molecule has 0 saturated heterocycles. The number of fused-ring (bicyclic) bond motifs is 1. The van der Waals surface area contributed by atoms with Gasteiger partial charge in [-0.2, -0.15) is 0 Å². The van der Waals surface area contributed by atoms with Gasteiger partial charge in [0.05, 0.1) is 18.8 Å². The molecule has 0 atom stereocenters. The van der Waals surface area contributed by atoms with Crippen LogP contribution in [0.5, 0.6) is 5.75 Å². The molecule has 0 aliphatic carbocycles. The molecule has 172 valence electrons. The molecule has 12 nitrogen and oxygen atoms in total. The number of aromatic hydroxyl groups is 1. The quantitative estimate of drug-likeness (QED) is 0.480. The SMILES string of the molecule is CC1(C)OCCn2c1nc(C(=O)NCc1ccc(F)cc1-n1cnc(C(N)=O)n1)c(O)c2=O. The fourth-order valence-electron chi connectivity index (χ4n) is 3.48. The second kappa shape index (κ2) is 8.09. The first-order valence-corrected chi connectivity index (χ1v) is 9.85. The zero-order chi connectivity index (χ0) is 23.9. The van der Waals surface area contributed by atoms with E-state index in [4.69, 9.17) is 10.5 Å². The highest BCUT2D eigenvalue weighted by molar-refractivity contribution is 5.94. The summed E-state index contributed by atoms with van der Waals surface area (Å²) in [7, 11) is 0.